The van der Waals surface area contributed by atoms with Crippen molar-refractivity contribution in [2.45, 2.75) is 6.42 Å². The standard InChI is InChI=1S/C14H14INO3/c1-2-7-19-12-5-3-11(4-6-12)16-13(17)8-10(9-15)14(16)18/h2-6,10H,1,7-9H2. The summed E-state index contributed by atoms with van der Waals surface area (Å²) in [6.45, 7) is 4.00. The summed E-state index contributed by atoms with van der Waals surface area (Å²) in [5.41, 5.74) is 0.605. The van der Waals surface area contributed by atoms with E-state index in [4.69, 9.17) is 4.74 Å². The summed E-state index contributed by atoms with van der Waals surface area (Å²) >= 11 is 2.14. The van der Waals surface area contributed by atoms with Crippen molar-refractivity contribution in [1.82, 2.24) is 0 Å². The number of imide groups is 1. The molecule has 2 rings (SSSR count). The van der Waals surface area contributed by atoms with Crippen molar-refractivity contribution >= 4 is 40.1 Å². The monoisotopic (exact) mass is 371 g/mol. The highest BCUT2D eigenvalue weighted by molar-refractivity contribution is 14.1. The van der Waals surface area contributed by atoms with Gasteiger partial charge in [-0.1, -0.05) is 35.2 Å². The zero-order chi connectivity index (χ0) is 13.8. The average Bonchev–Trinajstić information content (AvgIpc) is 2.72. The van der Waals surface area contributed by atoms with Gasteiger partial charge in [0.05, 0.1) is 11.6 Å². The van der Waals surface area contributed by atoms with Gasteiger partial charge in [0, 0.05) is 10.8 Å². The second-order valence-corrected chi connectivity index (χ2v) is 5.10. The van der Waals surface area contributed by atoms with Crippen molar-refractivity contribution < 1.29 is 14.3 Å². The maximum atomic E-state index is 12.1. The average molecular weight is 371 g/mol. The predicted molar refractivity (Wildman–Crippen MR) is 81.6 cm³/mol. The van der Waals surface area contributed by atoms with Gasteiger partial charge in [0.1, 0.15) is 12.4 Å². The van der Waals surface area contributed by atoms with Crippen molar-refractivity contribution in [2.75, 3.05) is 15.9 Å². The highest BCUT2D eigenvalue weighted by Gasteiger charge is 2.38. The van der Waals surface area contributed by atoms with Gasteiger partial charge in [-0.3, -0.25) is 14.5 Å². The molecule has 1 saturated heterocycles. The fourth-order valence-electron chi connectivity index (χ4n) is 1.93. The van der Waals surface area contributed by atoms with E-state index in [0.29, 0.717) is 28.9 Å². The summed E-state index contributed by atoms with van der Waals surface area (Å²) in [5, 5.41) is 0. The molecule has 0 aliphatic carbocycles. The number of halogens is 1. The summed E-state index contributed by atoms with van der Waals surface area (Å²) in [5.74, 6) is 0.253. The van der Waals surface area contributed by atoms with Crippen LogP contribution in [0.5, 0.6) is 5.75 Å². The Morgan fingerprint density at radius 3 is 2.58 bits per heavy atom. The number of ether oxygens (including phenoxy) is 1. The number of hydrogen-bond donors (Lipinski definition) is 0. The Morgan fingerprint density at radius 1 is 1.37 bits per heavy atom. The zero-order valence-electron chi connectivity index (χ0n) is 10.3. The molecule has 1 aliphatic rings. The Hall–Kier alpha value is -1.37. The number of amides is 2. The lowest BCUT2D eigenvalue weighted by atomic mass is 10.1. The summed E-state index contributed by atoms with van der Waals surface area (Å²) in [6, 6.07) is 6.95. The minimum absolute atomic E-state index is 0.112. The van der Waals surface area contributed by atoms with Crippen LogP contribution in [0, 0.1) is 5.92 Å². The van der Waals surface area contributed by atoms with Gasteiger partial charge < -0.3 is 4.74 Å². The van der Waals surface area contributed by atoms with E-state index >= 15 is 0 Å². The predicted octanol–water partition coefficient (Wildman–Crippen LogP) is 2.57. The normalized spacial score (nSPS) is 18.8. The fourth-order valence-corrected chi connectivity index (χ4v) is 2.62. The number of carbonyl (C=O) groups excluding carboxylic acids is 2. The first-order valence-electron chi connectivity index (χ1n) is 5.94. The number of rotatable bonds is 5. The van der Waals surface area contributed by atoms with Crippen molar-refractivity contribution in [2.24, 2.45) is 5.92 Å². The Labute approximate surface area is 125 Å². The second-order valence-electron chi connectivity index (χ2n) is 4.22. The molecule has 2 amide bonds. The first-order chi connectivity index (χ1) is 9.17. The Morgan fingerprint density at radius 2 is 2.05 bits per heavy atom. The number of alkyl halides is 1. The van der Waals surface area contributed by atoms with Crippen LogP contribution in [0.15, 0.2) is 36.9 Å². The van der Waals surface area contributed by atoms with Crippen LogP contribution in [0.1, 0.15) is 6.42 Å². The molecule has 0 radical (unpaired) electrons. The topological polar surface area (TPSA) is 46.6 Å². The lowest BCUT2D eigenvalue weighted by Gasteiger charge is -2.15. The van der Waals surface area contributed by atoms with Gasteiger partial charge in [0.25, 0.3) is 0 Å². The molecule has 1 aromatic rings. The molecule has 1 aromatic carbocycles. The molecule has 0 spiro atoms. The lowest BCUT2D eigenvalue weighted by molar-refractivity contribution is -0.122. The van der Waals surface area contributed by atoms with Gasteiger partial charge in [-0.2, -0.15) is 0 Å². The van der Waals surface area contributed by atoms with Crippen molar-refractivity contribution in [3.8, 4) is 5.75 Å². The van der Waals surface area contributed by atoms with Crippen molar-refractivity contribution in [3.05, 3.63) is 36.9 Å². The molecule has 1 atom stereocenters. The van der Waals surface area contributed by atoms with Gasteiger partial charge >= 0.3 is 0 Å². The van der Waals surface area contributed by atoms with Crippen LogP contribution < -0.4 is 9.64 Å². The van der Waals surface area contributed by atoms with E-state index in [9.17, 15) is 9.59 Å². The molecule has 19 heavy (non-hydrogen) atoms. The third-order valence-corrected chi connectivity index (χ3v) is 3.95. The molecule has 1 unspecified atom stereocenters. The van der Waals surface area contributed by atoms with E-state index in [0.717, 1.165) is 0 Å². The van der Waals surface area contributed by atoms with Gasteiger partial charge in [0.2, 0.25) is 11.8 Å². The largest absolute Gasteiger partial charge is 0.490 e. The molecular formula is C14H14INO3. The van der Waals surface area contributed by atoms with E-state index in [-0.39, 0.29) is 17.7 Å². The highest BCUT2D eigenvalue weighted by atomic mass is 127. The lowest BCUT2D eigenvalue weighted by Crippen LogP contribution is -2.30. The molecule has 0 bridgehead atoms. The summed E-state index contributed by atoms with van der Waals surface area (Å²) < 4.78 is 6.03. The molecule has 1 aliphatic heterocycles. The van der Waals surface area contributed by atoms with Crippen LogP contribution in [0.25, 0.3) is 0 Å². The zero-order valence-corrected chi connectivity index (χ0v) is 12.5. The minimum Gasteiger partial charge on any atom is -0.490 e. The Kier molecular flexibility index (Phi) is 4.57. The van der Waals surface area contributed by atoms with Crippen LogP contribution in [0.3, 0.4) is 0 Å². The van der Waals surface area contributed by atoms with E-state index < -0.39 is 0 Å². The van der Waals surface area contributed by atoms with Gasteiger partial charge in [0.15, 0.2) is 0 Å². The number of hydrogen-bond acceptors (Lipinski definition) is 3. The molecule has 5 heteroatoms. The summed E-state index contributed by atoms with van der Waals surface area (Å²) in [6.07, 6.45) is 1.96. The van der Waals surface area contributed by atoms with E-state index in [1.54, 1.807) is 30.3 Å². The fraction of sp³-hybridized carbons (Fsp3) is 0.286. The summed E-state index contributed by atoms with van der Waals surface area (Å²) in [7, 11) is 0. The number of nitrogens with zero attached hydrogens (tertiary/aromatic N) is 1. The molecule has 0 saturated carbocycles. The van der Waals surface area contributed by atoms with E-state index in [2.05, 4.69) is 29.2 Å². The number of carbonyl (C=O) groups is 2. The number of benzene rings is 1. The maximum Gasteiger partial charge on any atom is 0.238 e. The van der Waals surface area contributed by atoms with Gasteiger partial charge in [-0.05, 0) is 24.3 Å². The van der Waals surface area contributed by atoms with Gasteiger partial charge in [-0.25, -0.2) is 0 Å². The Balaban J connectivity index is 2.16. The van der Waals surface area contributed by atoms with Crippen LogP contribution in [-0.2, 0) is 9.59 Å². The second kappa shape index (κ2) is 6.18. The third-order valence-electron chi connectivity index (χ3n) is 2.89. The third kappa shape index (κ3) is 2.97. The van der Waals surface area contributed by atoms with Crippen LogP contribution in [-0.4, -0.2) is 22.8 Å². The van der Waals surface area contributed by atoms with Crippen LogP contribution >= 0.6 is 22.6 Å². The molecule has 0 N–H and O–H groups in total. The molecule has 100 valence electrons. The Bertz CT molecular complexity index is 498. The molecule has 4 nitrogen and oxygen atoms in total. The molecule has 1 heterocycles. The number of anilines is 1. The van der Waals surface area contributed by atoms with Crippen molar-refractivity contribution in [1.29, 1.82) is 0 Å². The van der Waals surface area contributed by atoms with E-state index in [1.165, 1.54) is 4.90 Å². The minimum atomic E-state index is -0.190. The summed E-state index contributed by atoms with van der Waals surface area (Å²) in [4.78, 5) is 25.2. The molecular weight excluding hydrogens is 357 g/mol. The molecule has 1 fully saturated rings. The van der Waals surface area contributed by atoms with Crippen LogP contribution in [0.2, 0.25) is 0 Å². The smallest absolute Gasteiger partial charge is 0.238 e. The SMILES string of the molecule is C=CCOc1ccc(N2C(=O)CC(CI)C2=O)cc1. The van der Waals surface area contributed by atoms with Crippen molar-refractivity contribution in [3.63, 3.8) is 0 Å². The van der Waals surface area contributed by atoms with Crippen LogP contribution in [0.4, 0.5) is 5.69 Å². The van der Waals surface area contributed by atoms with E-state index in [1.807, 2.05) is 0 Å². The highest BCUT2D eigenvalue weighted by Crippen LogP contribution is 2.28. The quantitative estimate of drug-likeness (QED) is 0.346. The first kappa shape index (κ1) is 14.0. The first-order valence-corrected chi connectivity index (χ1v) is 7.46. The van der Waals surface area contributed by atoms with Gasteiger partial charge in [-0.15, -0.1) is 0 Å². The maximum absolute atomic E-state index is 12.1. The molecule has 0 aromatic heterocycles.